The van der Waals surface area contributed by atoms with Crippen LogP contribution in [0.15, 0.2) is 53.4 Å². The molecule has 0 aliphatic heterocycles. The predicted molar refractivity (Wildman–Crippen MR) is 103 cm³/mol. The summed E-state index contributed by atoms with van der Waals surface area (Å²) in [5.74, 6) is -0.263. The van der Waals surface area contributed by atoms with E-state index in [-0.39, 0.29) is 5.82 Å². The zero-order valence-corrected chi connectivity index (χ0v) is 16.0. The highest BCUT2D eigenvalue weighted by atomic mass is 32.2. The van der Waals surface area contributed by atoms with Gasteiger partial charge in [0.15, 0.2) is 9.84 Å². The zero-order valence-electron chi connectivity index (χ0n) is 15.2. The molecule has 1 aliphatic carbocycles. The first-order valence-electron chi connectivity index (χ1n) is 9.11. The Balaban J connectivity index is 1.84. The van der Waals surface area contributed by atoms with Crippen molar-refractivity contribution >= 4 is 9.84 Å². The van der Waals surface area contributed by atoms with Crippen LogP contribution in [0.1, 0.15) is 30.5 Å². The molecule has 4 nitrogen and oxygen atoms in total. The maximum Gasteiger partial charge on any atom is 0.175 e. The number of hydrogen-bond donors (Lipinski definition) is 0. The molecular formula is C21H21FN2O2S. The molecular weight excluding hydrogens is 363 g/mol. The summed E-state index contributed by atoms with van der Waals surface area (Å²) in [6, 6.07) is 13.3. The Labute approximate surface area is 158 Å². The van der Waals surface area contributed by atoms with Gasteiger partial charge in [0.05, 0.1) is 16.3 Å². The van der Waals surface area contributed by atoms with Gasteiger partial charge in [0.25, 0.3) is 0 Å². The van der Waals surface area contributed by atoms with Gasteiger partial charge in [-0.2, -0.15) is 5.10 Å². The molecule has 4 rings (SSSR count). The number of sulfone groups is 1. The summed E-state index contributed by atoms with van der Waals surface area (Å²) < 4.78 is 38.7. The molecule has 0 fully saturated rings. The molecule has 27 heavy (non-hydrogen) atoms. The van der Waals surface area contributed by atoms with Crippen molar-refractivity contribution in [3.8, 4) is 16.9 Å². The Morgan fingerprint density at radius 2 is 1.59 bits per heavy atom. The summed E-state index contributed by atoms with van der Waals surface area (Å²) >= 11 is 0. The maximum atomic E-state index is 13.3. The van der Waals surface area contributed by atoms with Crippen LogP contribution in [0, 0.1) is 5.82 Å². The topological polar surface area (TPSA) is 52.0 Å². The Hall–Kier alpha value is -2.47. The minimum atomic E-state index is -3.23. The van der Waals surface area contributed by atoms with E-state index in [2.05, 4.69) is 0 Å². The summed E-state index contributed by atoms with van der Waals surface area (Å²) in [7, 11) is -3.23. The van der Waals surface area contributed by atoms with Gasteiger partial charge in [-0.25, -0.2) is 17.5 Å². The first-order chi connectivity index (χ1) is 12.9. The van der Waals surface area contributed by atoms with Crippen molar-refractivity contribution in [2.75, 3.05) is 6.26 Å². The smallest absolute Gasteiger partial charge is 0.175 e. The minimum Gasteiger partial charge on any atom is -0.237 e. The van der Waals surface area contributed by atoms with Crippen LogP contribution in [0.4, 0.5) is 4.39 Å². The molecule has 0 saturated heterocycles. The lowest BCUT2D eigenvalue weighted by Gasteiger charge is -2.08. The molecule has 1 heterocycles. The molecule has 3 aromatic rings. The number of aromatic nitrogens is 2. The fraction of sp³-hybridized carbons (Fsp3) is 0.286. The first kappa shape index (κ1) is 17.9. The van der Waals surface area contributed by atoms with E-state index in [1.165, 1.54) is 36.1 Å². The summed E-state index contributed by atoms with van der Waals surface area (Å²) in [5.41, 5.74) is 5.01. The molecule has 0 unspecified atom stereocenters. The third-order valence-corrected chi connectivity index (χ3v) is 6.19. The van der Waals surface area contributed by atoms with Crippen LogP contribution in [-0.2, 0) is 22.7 Å². The second-order valence-electron chi connectivity index (χ2n) is 7.02. The molecule has 0 bridgehead atoms. The highest BCUT2D eigenvalue weighted by Gasteiger charge is 2.22. The highest BCUT2D eigenvalue weighted by Crippen LogP contribution is 2.32. The van der Waals surface area contributed by atoms with Crippen LogP contribution in [0.2, 0.25) is 0 Å². The van der Waals surface area contributed by atoms with Gasteiger partial charge in [-0.05, 0) is 74.2 Å². The van der Waals surface area contributed by atoms with E-state index < -0.39 is 9.84 Å². The summed E-state index contributed by atoms with van der Waals surface area (Å²) in [6.45, 7) is 0. The maximum absolute atomic E-state index is 13.3. The normalized spacial score (nSPS) is 14.6. The van der Waals surface area contributed by atoms with E-state index in [1.807, 2.05) is 4.68 Å². The van der Waals surface area contributed by atoms with Crippen LogP contribution in [0.3, 0.4) is 0 Å². The Kier molecular flexibility index (Phi) is 4.60. The lowest BCUT2D eigenvalue weighted by atomic mass is 10.0. The van der Waals surface area contributed by atoms with Crippen LogP contribution in [-0.4, -0.2) is 24.5 Å². The van der Waals surface area contributed by atoms with Gasteiger partial charge in [-0.1, -0.05) is 6.42 Å². The molecule has 0 saturated carbocycles. The molecule has 2 aromatic carbocycles. The minimum absolute atomic E-state index is 0.263. The molecule has 0 atom stereocenters. The first-order valence-corrected chi connectivity index (χ1v) is 11.0. The van der Waals surface area contributed by atoms with Gasteiger partial charge in [-0.3, -0.25) is 0 Å². The van der Waals surface area contributed by atoms with Crippen molar-refractivity contribution in [1.82, 2.24) is 9.78 Å². The number of rotatable bonds is 3. The summed E-state index contributed by atoms with van der Waals surface area (Å²) in [6.07, 6.45) is 6.46. The predicted octanol–water partition coefficient (Wildman–Crippen LogP) is 4.35. The number of halogens is 1. The van der Waals surface area contributed by atoms with E-state index in [9.17, 15) is 12.8 Å². The Morgan fingerprint density at radius 1 is 0.926 bits per heavy atom. The Morgan fingerprint density at radius 3 is 2.26 bits per heavy atom. The summed E-state index contributed by atoms with van der Waals surface area (Å²) in [4.78, 5) is 0.295. The van der Waals surface area contributed by atoms with E-state index in [4.69, 9.17) is 5.10 Å². The molecule has 0 spiro atoms. The van der Waals surface area contributed by atoms with Gasteiger partial charge in [0, 0.05) is 23.1 Å². The fourth-order valence-corrected chi connectivity index (χ4v) is 4.29. The van der Waals surface area contributed by atoms with Gasteiger partial charge in [0.2, 0.25) is 0 Å². The number of fused-ring (bicyclic) bond motifs is 1. The van der Waals surface area contributed by atoms with Crippen LogP contribution in [0.5, 0.6) is 0 Å². The van der Waals surface area contributed by atoms with Gasteiger partial charge < -0.3 is 0 Å². The van der Waals surface area contributed by atoms with Crippen molar-refractivity contribution < 1.29 is 12.8 Å². The molecule has 6 heteroatoms. The zero-order chi connectivity index (χ0) is 19.0. The second-order valence-corrected chi connectivity index (χ2v) is 9.04. The third kappa shape index (κ3) is 3.54. The fourth-order valence-electron chi connectivity index (χ4n) is 3.66. The van der Waals surface area contributed by atoms with Gasteiger partial charge >= 0.3 is 0 Å². The highest BCUT2D eigenvalue weighted by molar-refractivity contribution is 7.90. The molecule has 0 radical (unpaired) electrons. The lowest BCUT2D eigenvalue weighted by molar-refractivity contribution is 0.602. The van der Waals surface area contributed by atoms with E-state index in [0.717, 1.165) is 42.6 Å². The summed E-state index contributed by atoms with van der Waals surface area (Å²) in [5, 5.41) is 4.84. The van der Waals surface area contributed by atoms with Crippen molar-refractivity contribution in [2.45, 2.75) is 37.0 Å². The molecule has 0 N–H and O–H groups in total. The molecule has 1 aromatic heterocycles. The van der Waals surface area contributed by atoms with Crippen molar-refractivity contribution in [3.05, 3.63) is 65.6 Å². The Bertz CT molecular complexity index is 1070. The van der Waals surface area contributed by atoms with E-state index >= 15 is 0 Å². The third-order valence-electron chi connectivity index (χ3n) is 5.06. The monoisotopic (exact) mass is 384 g/mol. The van der Waals surface area contributed by atoms with Crippen LogP contribution in [0.25, 0.3) is 16.9 Å². The largest absolute Gasteiger partial charge is 0.237 e. The SMILES string of the molecule is CS(=O)(=O)c1ccc(-n2nc(-c3ccc(F)cc3)c3c2CCCCC3)cc1. The van der Waals surface area contributed by atoms with E-state index in [0.29, 0.717) is 4.90 Å². The van der Waals surface area contributed by atoms with Gasteiger partial charge in [-0.15, -0.1) is 0 Å². The quantitative estimate of drug-likeness (QED) is 0.631. The van der Waals surface area contributed by atoms with Gasteiger partial charge in [0.1, 0.15) is 5.82 Å². The van der Waals surface area contributed by atoms with Crippen molar-refractivity contribution in [3.63, 3.8) is 0 Å². The average molecular weight is 384 g/mol. The second kappa shape index (κ2) is 6.93. The standard InChI is InChI=1S/C21H21FN2O2S/c1-27(25,26)18-13-11-17(12-14-18)24-20-6-4-2-3-5-19(20)21(23-24)15-7-9-16(22)10-8-15/h7-14H,2-6H2,1H3. The van der Waals surface area contributed by atoms with Crippen molar-refractivity contribution in [1.29, 1.82) is 0 Å². The lowest BCUT2D eigenvalue weighted by Crippen LogP contribution is -2.04. The molecule has 140 valence electrons. The number of nitrogens with zero attached hydrogens (tertiary/aromatic N) is 2. The van der Waals surface area contributed by atoms with Crippen molar-refractivity contribution in [2.24, 2.45) is 0 Å². The van der Waals surface area contributed by atoms with Crippen LogP contribution >= 0.6 is 0 Å². The molecule has 1 aliphatic rings. The number of benzene rings is 2. The average Bonchev–Trinajstić information content (AvgIpc) is 2.83. The van der Waals surface area contributed by atoms with Crippen LogP contribution < -0.4 is 0 Å². The number of hydrogen-bond acceptors (Lipinski definition) is 3. The van der Waals surface area contributed by atoms with E-state index in [1.54, 1.807) is 36.4 Å². The molecule has 0 amide bonds.